The van der Waals surface area contributed by atoms with E-state index in [1.54, 1.807) is 0 Å². The third-order valence-corrected chi connectivity index (χ3v) is 5.79. The second-order valence-electron chi connectivity index (χ2n) is 5.89. The lowest BCUT2D eigenvalue weighted by molar-refractivity contribution is -0.118. The first-order valence-electron chi connectivity index (χ1n) is 8.13. The van der Waals surface area contributed by atoms with Crippen LogP contribution in [0.1, 0.15) is 18.1 Å². The lowest BCUT2D eigenvalue weighted by atomic mass is 10.1. The Morgan fingerprint density at radius 3 is 2.65 bits per heavy atom. The van der Waals surface area contributed by atoms with E-state index in [0.717, 1.165) is 25.8 Å². The predicted octanol–water partition coefficient (Wildman–Crippen LogP) is 3.97. The predicted molar refractivity (Wildman–Crippen MR) is 108 cm³/mol. The van der Waals surface area contributed by atoms with Crippen LogP contribution in [-0.4, -0.2) is 22.6 Å². The van der Waals surface area contributed by atoms with Crippen molar-refractivity contribution < 1.29 is 9.59 Å². The molecule has 0 saturated carbocycles. The Morgan fingerprint density at radius 1 is 1.15 bits per heavy atom. The van der Waals surface area contributed by atoms with Crippen LogP contribution in [0.15, 0.2) is 46.8 Å². The first-order chi connectivity index (χ1) is 12.5. The van der Waals surface area contributed by atoms with Crippen molar-refractivity contribution in [2.24, 2.45) is 0 Å². The second-order valence-corrected chi connectivity index (χ2v) is 8.15. The van der Waals surface area contributed by atoms with E-state index in [0.29, 0.717) is 12.3 Å². The van der Waals surface area contributed by atoms with Gasteiger partial charge in [-0.05, 0) is 30.7 Å². The molecule has 134 valence electrons. The van der Waals surface area contributed by atoms with Gasteiger partial charge in [0.05, 0.1) is 16.0 Å². The van der Waals surface area contributed by atoms with Crippen molar-refractivity contribution in [3.63, 3.8) is 0 Å². The maximum atomic E-state index is 12.0. The number of carbonyl (C=O) groups excluding carboxylic acids is 2. The summed E-state index contributed by atoms with van der Waals surface area (Å²) in [6.07, 6.45) is 0. The zero-order valence-corrected chi connectivity index (χ0v) is 16.2. The topological polar surface area (TPSA) is 71.1 Å². The van der Waals surface area contributed by atoms with E-state index >= 15 is 0 Å². The number of nitrogens with one attached hydrogen (secondary N) is 2. The number of thioether (sulfide) groups is 1. The van der Waals surface area contributed by atoms with Crippen molar-refractivity contribution in [2.75, 3.05) is 11.1 Å². The summed E-state index contributed by atoms with van der Waals surface area (Å²) in [5, 5.41) is 5.68. The van der Waals surface area contributed by atoms with Crippen molar-refractivity contribution in [3.8, 4) is 0 Å². The Labute approximate surface area is 160 Å². The number of aryl methyl sites for hydroxylation is 1. The summed E-state index contributed by atoms with van der Waals surface area (Å²) in [5.41, 5.74) is 3.90. The smallest absolute Gasteiger partial charge is 0.230 e. The number of hydrogen-bond donors (Lipinski definition) is 2. The molecule has 3 aromatic rings. The molecule has 1 aromatic heterocycles. The third-order valence-electron chi connectivity index (χ3n) is 3.63. The normalized spacial score (nSPS) is 10.7. The molecule has 0 atom stereocenters. The molecule has 7 heteroatoms. The maximum absolute atomic E-state index is 12.0. The van der Waals surface area contributed by atoms with E-state index in [-0.39, 0.29) is 11.8 Å². The van der Waals surface area contributed by atoms with Gasteiger partial charge in [0.1, 0.15) is 0 Å². The Hall–Kier alpha value is -2.38. The molecule has 0 aliphatic heterocycles. The lowest BCUT2D eigenvalue weighted by Crippen LogP contribution is -2.24. The van der Waals surface area contributed by atoms with Crippen LogP contribution in [-0.2, 0) is 16.1 Å². The van der Waals surface area contributed by atoms with Gasteiger partial charge < -0.3 is 10.6 Å². The van der Waals surface area contributed by atoms with Gasteiger partial charge in [-0.2, -0.15) is 0 Å². The molecular formula is C19H19N3O2S2. The van der Waals surface area contributed by atoms with Gasteiger partial charge in [0.15, 0.2) is 4.34 Å². The van der Waals surface area contributed by atoms with Crippen LogP contribution in [0.3, 0.4) is 0 Å². The van der Waals surface area contributed by atoms with Gasteiger partial charge in [0, 0.05) is 19.2 Å². The molecule has 2 aromatic carbocycles. The molecule has 0 radical (unpaired) electrons. The Morgan fingerprint density at radius 2 is 1.92 bits per heavy atom. The van der Waals surface area contributed by atoms with Gasteiger partial charge in [-0.25, -0.2) is 4.98 Å². The van der Waals surface area contributed by atoms with E-state index in [9.17, 15) is 9.59 Å². The van der Waals surface area contributed by atoms with Gasteiger partial charge in [0.2, 0.25) is 11.8 Å². The summed E-state index contributed by atoms with van der Waals surface area (Å²) >= 11 is 2.94. The number of hydrogen-bond acceptors (Lipinski definition) is 5. The van der Waals surface area contributed by atoms with Crippen LogP contribution >= 0.6 is 23.1 Å². The van der Waals surface area contributed by atoms with Gasteiger partial charge in [-0.3, -0.25) is 9.59 Å². The fraction of sp³-hybridized carbons (Fsp3) is 0.211. The molecule has 2 N–H and O–H groups in total. The van der Waals surface area contributed by atoms with Crippen LogP contribution in [0.25, 0.3) is 10.2 Å². The number of thiazole rings is 1. The summed E-state index contributed by atoms with van der Waals surface area (Å²) < 4.78 is 1.82. The zero-order chi connectivity index (χ0) is 18.5. The fourth-order valence-corrected chi connectivity index (χ4v) is 4.27. The van der Waals surface area contributed by atoms with Crippen molar-refractivity contribution in [1.29, 1.82) is 0 Å². The van der Waals surface area contributed by atoms with Crippen LogP contribution in [0, 0.1) is 6.92 Å². The van der Waals surface area contributed by atoms with Gasteiger partial charge in [-0.1, -0.05) is 41.6 Å². The zero-order valence-electron chi connectivity index (χ0n) is 14.5. The number of rotatable bonds is 6. The molecule has 2 amide bonds. The molecule has 0 unspecified atom stereocenters. The molecule has 0 fully saturated rings. The Kier molecular flexibility index (Phi) is 5.90. The highest BCUT2D eigenvalue weighted by molar-refractivity contribution is 8.01. The van der Waals surface area contributed by atoms with Crippen LogP contribution in [0.5, 0.6) is 0 Å². The molecule has 26 heavy (non-hydrogen) atoms. The maximum Gasteiger partial charge on any atom is 0.230 e. The molecule has 0 aliphatic carbocycles. The highest BCUT2D eigenvalue weighted by Gasteiger charge is 2.09. The number of amides is 2. The number of fused-ring (bicyclic) bond motifs is 1. The summed E-state index contributed by atoms with van der Waals surface area (Å²) in [5.74, 6) is 0.201. The van der Waals surface area contributed by atoms with E-state index in [2.05, 4.69) is 15.6 Å². The quantitative estimate of drug-likeness (QED) is 0.630. The minimum Gasteiger partial charge on any atom is -0.351 e. The molecule has 3 rings (SSSR count). The standard InChI is InChI=1S/C19H19N3O2S2/c1-12-3-5-14(6-4-12)10-20-18(24)11-25-19-22-16-8-7-15(21-13(2)23)9-17(16)26-19/h3-9H,10-11H2,1-2H3,(H,20,24)(H,21,23). The van der Waals surface area contributed by atoms with Gasteiger partial charge in [0.25, 0.3) is 0 Å². The summed E-state index contributed by atoms with van der Waals surface area (Å²) in [4.78, 5) is 27.7. The SMILES string of the molecule is CC(=O)Nc1ccc2nc(SCC(=O)NCc3ccc(C)cc3)sc2c1. The van der Waals surface area contributed by atoms with Gasteiger partial charge in [-0.15, -0.1) is 11.3 Å². The molecule has 5 nitrogen and oxygen atoms in total. The van der Waals surface area contributed by atoms with Crippen molar-refractivity contribution >= 4 is 50.8 Å². The number of anilines is 1. The van der Waals surface area contributed by atoms with Crippen molar-refractivity contribution in [2.45, 2.75) is 24.7 Å². The molecule has 1 heterocycles. The third kappa shape index (κ3) is 5.06. The van der Waals surface area contributed by atoms with E-state index in [1.807, 2.05) is 49.4 Å². The monoisotopic (exact) mass is 385 g/mol. The number of benzene rings is 2. The van der Waals surface area contributed by atoms with Crippen molar-refractivity contribution in [1.82, 2.24) is 10.3 Å². The first kappa shape index (κ1) is 18.4. The largest absolute Gasteiger partial charge is 0.351 e. The average molecular weight is 386 g/mol. The van der Waals surface area contributed by atoms with E-state index in [1.165, 1.54) is 35.6 Å². The summed E-state index contributed by atoms with van der Waals surface area (Å²) in [6.45, 7) is 4.04. The molecule has 0 aliphatic rings. The lowest BCUT2D eigenvalue weighted by Gasteiger charge is -2.04. The summed E-state index contributed by atoms with van der Waals surface area (Å²) in [7, 11) is 0. The van der Waals surface area contributed by atoms with Gasteiger partial charge >= 0.3 is 0 Å². The molecule has 0 saturated heterocycles. The number of aromatic nitrogens is 1. The number of nitrogens with zero attached hydrogens (tertiary/aromatic N) is 1. The average Bonchev–Trinajstić information content (AvgIpc) is 3.01. The van der Waals surface area contributed by atoms with Crippen LogP contribution < -0.4 is 10.6 Å². The minimum absolute atomic E-state index is 0.0197. The fourth-order valence-electron chi connectivity index (χ4n) is 2.33. The molecule has 0 bridgehead atoms. The van der Waals surface area contributed by atoms with E-state index < -0.39 is 0 Å². The van der Waals surface area contributed by atoms with Crippen LogP contribution in [0.4, 0.5) is 5.69 Å². The van der Waals surface area contributed by atoms with E-state index in [4.69, 9.17) is 0 Å². The van der Waals surface area contributed by atoms with Crippen molar-refractivity contribution in [3.05, 3.63) is 53.6 Å². The van der Waals surface area contributed by atoms with Crippen LogP contribution in [0.2, 0.25) is 0 Å². The second kappa shape index (κ2) is 8.33. The first-order valence-corrected chi connectivity index (χ1v) is 9.93. The highest BCUT2D eigenvalue weighted by atomic mass is 32.2. The molecule has 0 spiro atoms. The minimum atomic E-state index is -0.103. The Bertz CT molecular complexity index is 936. The summed E-state index contributed by atoms with van der Waals surface area (Å²) in [6, 6.07) is 13.7. The Balaban J connectivity index is 1.54. The number of carbonyl (C=O) groups is 2. The highest BCUT2D eigenvalue weighted by Crippen LogP contribution is 2.31. The molecular weight excluding hydrogens is 366 g/mol.